The average Bonchev–Trinajstić information content (AvgIpc) is 2.74. The molecule has 0 aliphatic heterocycles. The average molecular weight is 419 g/mol. The molecule has 4 rings (SSSR count). The fraction of sp³-hybridized carbons (Fsp3) is 0. The highest BCUT2D eigenvalue weighted by Crippen LogP contribution is 2.27. The van der Waals surface area contributed by atoms with Gasteiger partial charge in [-0.3, -0.25) is 4.72 Å². The zero-order valence-corrected chi connectivity index (χ0v) is 16.5. The molecule has 4 aromatic carbocycles. The summed E-state index contributed by atoms with van der Waals surface area (Å²) in [5.74, 6) is -0.317. The Hall–Kier alpha value is -3.84. The second-order valence-electron chi connectivity index (χ2n) is 6.54. The van der Waals surface area contributed by atoms with Gasteiger partial charge in [-0.2, -0.15) is 0 Å². The van der Waals surface area contributed by atoms with E-state index in [0.29, 0.717) is 17.2 Å². The lowest BCUT2D eigenvalue weighted by atomic mass is 10.1. The lowest BCUT2D eigenvalue weighted by Gasteiger charge is -2.12. The zero-order valence-electron chi connectivity index (χ0n) is 15.6. The Kier molecular flexibility index (Phi) is 5.12. The summed E-state index contributed by atoms with van der Waals surface area (Å²) in [7, 11) is -3.80. The second-order valence-corrected chi connectivity index (χ2v) is 8.22. The van der Waals surface area contributed by atoms with Crippen molar-refractivity contribution in [3.05, 3.63) is 96.6 Å². The van der Waals surface area contributed by atoms with Crippen LogP contribution in [0.4, 0.5) is 5.69 Å². The van der Waals surface area contributed by atoms with E-state index in [-0.39, 0.29) is 10.5 Å². The van der Waals surface area contributed by atoms with E-state index >= 15 is 0 Å². The highest BCUT2D eigenvalue weighted by molar-refractivity contribution is 7.92. The third kappa shape index (κ3) is 4.11. The number of hydrogen-bond donors (Lipinski definition) is 2. The minimum absolute atomic E-state index is 0.0853. The van der Waals surface area contributed by atoms with Crippen molar-refractivity contribution in [3.8, 4) is 11.5 Å². The van der Waals surface area contributed by atoms with Crippen LogP contribution in [0.3, 0.4) is 0 Å². The predicted octanol–water partition coefficient (Wildman–Crippen LogP) is 5.13. The first kappa shape index (κ1) is 19.5. The summed E-state index contributed by atoms with van der Waals surface area (Å²) >= 11 is 0. The Bertz CT molecular complexity index is 1330. The Morgan fingerprint density at radius 2 is 1.50 bits per heavy atom. The van der Waals surface area contributed by atoms with Crippen molar-refractivity contribution in [2.45, 2.75) is 4.90 Å². The summed E-state index contributed by atoms with van der Waals surface area (Å²) in [6.07, 6.45) is 0. The van der Waals surface area contributed by atoms with Gasteiger partial charge in [-0.05, 0) is 53.9 Å². The molecular weight excluding hydrogens is 402 g/mol. The fourth-order valence-electron chi connectivity index (χ4n) is 3.03. The van der Waals surface area contributed by atoms with E-state index in [2.05, 4.69) is 4.72 Å². The molecular formula is C23H17NO5S. The first-order valence-electron chi connectivity index (χ1n) is 9.04. The monoisotopic (exact) mass is 419 g/mol. The van der Waals surface area contributed by atoms with E-state index in [1.165, 1.54) is 36.4 Å². The molecule has 30 heavy (non-hydrogen) atoms. The summed E-state index contributed by atoms with van der Waals surface area (Å²) in [4.78, 5) is 11.1. The lowest BCUT2D eigenvalue weighted by molar-refractivity contribution is 0.0696. The van der Waals surface area contributed by atoms with Crippen molar-refractivity contribution in [3.63, 3.8) is 0 Å². The van der Waals surface area contributed by atoms with Gasteiger partial charge in [0.2, 0.25) is 0 Å². The highest BCUT2D eigenvalue weighted by atomic mass is 32.2. The van der Waals surface area contributed by atoms with Gasteiger partial charge in [0.15, 0.2) is 0 Å². The molecule has 0 aliphatic rings. The normalized spacial score (nSPS) is 11.2. The SMILES string of the molecule is O=C(O)c1cccc(Oc2ccc(S(=O)(=O)Nc3cccc4ccccc34)cc2)c1. The molecule has 0 bridgehead atoms. The minimum atomic E-state index is -3.80. The van der Waals surface area contributed by atoms with Crippen LogP contribution in [-0.2, 0) is 10.0 Å². The molecule has 0 unspecified atom stereocenters. The summed E-state index contributed by atoms with van der Waals surface area (Å²) in [5.41, 5.74) is 0.602. The van der Waals surface area contributed by atoms with Crippen molar-refractivity contribution in [1.82, 2.24) is 0 Å². The topological polar surface area (TPSA) is 92.7 Å². The molecule has 4 aromatic rings. The molecule has 0 saturated heterocycles. The molecule has 7 heteroatoms. The van der Waals surface area contributed by atoms with Crippen LogP contribution in [0, 0.1) is 0 Å². The maximum Gasteiger partial charge on any atom is 0.335 e. The fourth-order valence-corrected chi connectivity index (χ4v) is 4.11. The van der Waals surface area contributed by atoms with Crippen molar-refractivity contribution >= 4 is 32.5 Å². The molecule has 0 fully saturated rings. The van der Waals surface area contributed by atoms with Gasteiger partial charge in [0.1, 0.15) is 11.5 Å². The Morgan fingerprint density at radius 1 is 0.800 bits per heavy atom. The number of carbonyl (C=O) groups is 1. The van der Waals surface area contributed by atoms with E-state index < -0.39 is 16.0 Å². The van der Waals surface area contributed by atoms with Gasteiger partial charge < -0.3 is 9.84 Å². The van der Waals surface area contributed by atoms with E-state index in [1.807, 2.05) is 30.3 Å². The first-order chi connectivity index (χ1) is 14.4. The number of fused-ring (bicyclic) bond motifs is 1. The quantitative estimate of drug-likeness (QED) is 0.452. The Morgan fingerprint density at radius 3 is 2.27 bits per heavy atom. The minimum Gasteiger partial charge on any atom is -0.478 e. The number of carboxylic acids is 1. The van der Waals surface area contributed by atoms with Gasteiger partial charge in [-0.15, -0.1) is 0 Å². The molecule has 2 N–H and O–H groups in total. The number of nitrogens with one attached hydrogen (secondary N) is 1. The van der Waals surface area contributed by atoms with Crippen LogP contribution in [0.15, 0.2) is 95.9 Å². The third-order valence-corrected chi connectivity index (χ3v) is 5.87. The number of ether oxygens (including phenoxy) is 1. The van der Waals surface area contributed by atoms with Gasteiger partial charge >= 0.3 is 5.97 Å². The zero-order chi connectivity index (χ0) is 21.1. The first-order valence-corrected chi connectivity index (χ1v) is 10.5. The van der Waals surface area contributed by atoms with Crippen molar-refractivity contribution in [2.24, 2.45) is 0 Å². The standard InChI is InChI=1S/C23H17NO5S/c25-23(26)17-7-3-8-19(15-17)29-18-11-13-20(14-12-18)30(27,28)24-22-10-4-6-16-5-1-2-9-21(16)22/h1-15,24H,(H,25,26). The summed E-state index contributed by atoms with van der Waals surface area (Å²) < 4.78 is 33.9. The van der Waals surface area contributed by atoms with Gasteiger partial charge in [0, 0.05) is 5.39 Å². The van der Waals surface area contributed by atoms with Crippen molar-refractivity contribution in [2.75, 3.05) is 4.72 Å². The molecule has 0 saturated carbocycles. The number of benzene rings is 4. The largest absolute Gasteiger partial charge is 0.478 e. The number of sulfonamides is 1. The van der Waals surface area contributed by atoms with Crippen LogP contribution < -0.4 is 9.46 Å². The number of anilines is 1. The van der Waals surface area contributed by atoms with E-state index in [0.717, 1.165) is 10.8 Å². The highest BCUT2D eigenvalue weighted by Gasteiger charge is 2.16. The number of rotatable bonds is 6. The maximum atomic E-state index is 12.8. The summed E-state index contributed by atoms with van der Waals surface area (Å²) in [6.45, 7) is 0. The van der Waals surface area contributed by atoms with Crippen LogP contribution in [0.5, 0.6) is 11.5 Å². The summed E-state index contributed by atoms with van der Waals surface area (Å²) in [5, 5.41) is 10.8. The van der Waals surface area contributed by atoms with Crippen LogP contribution in [0.2, 0.25) is 0 Å². The van der Waals surface area contributed by atoms with E-state index in [9.17, 15) is 13.2 Å². The van der Waals surface area contributed by atoms with Gasteiger partial charge in [0.05, 0.1) is 16.1 Å². The molecule has 0 radical (unpaired) electrons. The molecule has 0 amide bonds. The van der Waals surface area contributed by atoms with Crippen molar-refractivity contribution < 1.29 is 23.1 Å². The lowest BCUT2D eigenvalue weighted by Crippen LogP contribution is -2.13. The number of carboxylic acid groups (broad SMARTS) is 1. The Labute approximate surface area is 173 Å². The number of aromatic carboxylic acids is 1. The molecule has 150 valence electrons. The molecule has 0 aliphatic carbocycles. The van der Waals surface area contributed by atoms with Crippen LogP contribution in [-0.4, -0.2) is 19.5 Å². The molecule has 6 nitrogen and oxygen atoms in total. The predicted molar refractivity (Wildman–Crippen MR) is 115 cm³/mol. The number of hydrogen-bond acceptors (Lipinski definition) is 4. The van der Waals surface area contributed by atoms with Gasteiger partial charge in [0.25, 0.3) is 10.0 Å². The van der Waals surface area contributed by atoms with Crippen LogP contribution >= 0.6 is 0 Å². The second kappa shape index (κ2) is 7.88. The smallest absolute Gasteiger partial charge is 0.335 e. The van der Waals surface area contributed by atoms with E-state index in [4.69, 9.17) is 9.84 Å². The van der Waals surface area contributed by atoms with E-state index in [1.54, 1.807) is 24.3 Å². The van der Waals surface area contributed by atoms with Crippen LogP contribution in [0.25, 0.3) is 10.8 Å². The molecule has 0 aromatic heterocycles. The molecule has 0 atom stereocenters. The Balaban J connectivity index is 1.55. The summed E-state index contributed by atoms with van der Waals surface area (Å²) in [6, 6.07) is 24.9. The van der Waals surface area contributed by atoms with Gasteiger partial charge in [-0.1, -0.05) is 42.5 Å². The van der Waals surface area contributed by atoms with Gasteiger partial charge in [-0.25, -0.2) is 13.2 Å². The third-order valence-electron chi connectivity index (χ3n) is 4.48. The van der Waals surface area contributed by atoms with Crippen molar-refractivity contribution in [1.29, 1.82) is 0 Å². The maximum absolute atomic E-state index is 12.8. The molecule has 0 spiro atoms. The molecule has 0 heterocycles. The van der Waals surface area contributed by atoms with Crippen LogP contribution in [0.1, 0.15) is 10.4 Å².